The van der Waals surface area contributed by atoms with E-state index in [0.717, 1.165) is 16.9 Å². The van der Waals surface area contributed by atoms with Crippen molar-refractivity contribution >= 4 is 35.2 Å². The van der Waals surface area contributed by atoms with Gasteiger partial charge in [-0.15, -0.1) is 11.8 Å². The predicted molar refractivity (Wildman–Crippen MR) is 98.2 cm³/mol. The van der Waals surface area contributed by atoms with Gasteiger partial charge < -0.3 is 0 Å². The van der Waals surface area contributed by atoms with Crippen molar-refractivity contribution in [2.24, 2.45) is 0 Å². The number of carbonyl (C=O) groups excluding carboxylic acids is 2. The maximum Gasteiger partial charge on any atom is 0.269 e. The maximum absolute atomic E-state index is 12.1. The number of hydrogen-bond acceptors (Lipinski definition) is 3. The van der Waals surface area contributed by atoms with Gasteiger partial charge in [0.05, 0.1) is 5.25 Å². The van der Waals surface area contributed by atoms with Crippen molar-refractivity contribution in [2.75, 3.05) is 0 Å². The van der Waals surface area contributed by atoms with Gasteiger partial charge >= 0.3 is 0 Å². The van der Waals surface area contributed by atoms with Gasteiger partial charge in [-0.1, -0.05) is 30.7 Å². The summed E-state index contributed by atoms with van der Waals surface area (Å²) in [6, 6.07) is 14.5. The zero-order valence-electron chi connectivity index (χ0n) is 13.5. The first-order valence-corrected chi connectivity index (χ1v) is 8.86. The lowest BCUT2D eigenvalue weighted by molar-refractivity contribution is -0.121. The molecule has 2 N–H and O–H groups in total. The average molecular weight is 363 g/mol. The van der Waals surface area contributed by atoms with Gasteiger partial charge in [0.15, 0.2) is 0 Å². The fraction of sp³-hybridized carbons (Fsp3) is 0.222. The van der Waals surface area contributed by atoms with Crippen molar-refractivity contribution < 1.29 is 9.59 Å². The quantitative estimate of drug-likeness (QED) is 0.627. The molecule has 2 amide bonds. The van der Waals surface area contributed by atoms with E-state index >= 15 is 0 Å². The lowest BCUT2D eigenvalue weighted by atomic mass is 10.1. The van der Waals surface area contributed by atoms with Gasteiger partial charge in [-0.2, -0.15) is 0 Å². The van der Waals surface area contributed by atoms with Crippen LogP contribution in [0.3, 0.4) is 0 Å². The molecular weight excluding hydrogens is 344 g/mol. The first-order chi connectivity index (χ1) is 11.5. The number of nitrogens with one attached hydrogen (secondary N) is 2. The highest BCUT2D eigenvalue weighted by atomic mass is 35.5. The van der Waals surface area contributed by atoms with Crippen molar-refractivity contribution in [2.45, 2.75) is 30.4 Å². The van der Waals surface area contributed by atoms with Crippen LogP contribution in [0.5, 0.6) is 0 Å². The second-order valence-electron chi connectivity index (χ2n) is 5.21. The number of rotatable bonds is 5. The van der Waals surface area contributed by atoms with E-state index in [1.807, 2.05) is 24.3 Å². The summed E-state index contributed by atoms with van der Waals surface area (Å²) in [5.74, 6) is -0.608. The van der Waals surface area contributed by atoms with Gasteiger partial charge in [0.1, 0.15) is 0 Å². The van der Waals surface area contributed by atoms with Gasteiger partial charge in [-0.05, 0) is 55.3 Å². The zero-order chi connectivity index (χ0) is 17.5. The monoisotopic (exact) mass is 362 g/mol. The van der Waals surface area contributed by atoms with Gasteiger partial charge in [-0.3, -0.25) is 20.4 Å². The van der Waals surface area contributed by atoms with Crippen LogP contribution < -0.4 is 10.9 Å². The normalized spacial score (nSPS) is 11.6. The van der Waals surface area contributed by atoms with E-state index in [2.05, 4.69) is 17.8 Å². The summed E-state index contributed by atoms with van der Waals surface area (Å²) in [5, 5.41) is 0.298. The van der Waals surface area contributed by atoms with E-state index in [1.165, 1.54) is 11.8 Å². The molecular formula is C18H19ClN2O2S. The van der Waals surface area contributed by atoms with Crippen LogP contribution in [0.2, 0.25) is 5.02 Å². The molecule has 0 radical (unpaired) electrons. The number of amides is 2. The van der Waals surface area contributed by atoms with Crippen molar-refractivity contribution in [1.82, 2.24) is 10.9 Å². The molecule has 126 valence electrons. The number of benzene rings is 2. The summed E-state index contributed by atoms with van der Waals surface area (Å²) in [6.07, 6.45) is 0.915. The third-order valence-electron chi connectivity index (χ3n) is 3.42. The van der Waals surface area contributed by atoms with Crippen LogP contribution in [0, 0.1) is 0 Å². The SMILES string of the molecule is CCc1ccc(C(=O)NNC(=O)[C@@H](C)Sc2ccc(Cl)cc2)cc1. The van der Waals surface area contributed by atoms with Crippen LogP contribution in [0.4, 0.5) is 0 Å². The lowest BCUT2D eigenvalue weighted by Gasteiger charge is -2.13. The third kappa shape index (κ3) is 5.28. The molecule has 0 aliphatic rings. The standard InChI is InChI=1S/C18H19ClN2O2S/c1-3-13-4-6-14(7-5-13)18(23)21-20-17(22)12(2)24-16-10-8-15(19)9-11-16/h4-12H,3H2,1-2H3,(H,20,22)(H,21,23)/t12-/m1/s1. The molecule has 0 saturated carbocycles. The van der Waals surface area contributed by atoms with Gasteiger partial charge in [0.25, 0.3) is 11.8 Å². The number of carbonyl (C=O) groups is 2. The highest BCUT2D eigenvalue weighted by Crippen LogP contribution is 2.24. The molecule has 24 heavy (non-hydrogen) atoms. The highest BCUT2D eigenvalue weighted by molar-refractivity contribution is 8.00. The fourth-order valence-electron chi connectivity index (χ4n) is 1.95. The summed E-state index contributed by atoms with van der Waals surface area (Å²) < 4.78 is 0. The molecule has 2 rings (SSSR count). The maximum atomic E-state index is 12.1. The highest BCUT2D eigenvalue weighted by Gasteiger charge is 2.15. The fourth-order valence-corrected chi connectivity index (χ4v) is 2.95. The molecule has 6 heteroatoms. The third-order valence-corrected chi connectivity index (χ3v) is 4.78. The van der Waals surface area contributed by atoms with Crippen LogP contribution >= 0.6 is 23.4 Å². The Hall–Kier alpha value is -1.98. The predicted octanol–water partition coefficient (Wildman–Crippen LogP) is 3.84. The lowest BCUT2D eigenvalue weighted by Crippen LogP contribution is -2.44. The van der Waals surface area contributed by atoms with E-state index in [0.29, 0.717) is 10.6 Å². The largest absolute Gasteiger partial charge is 0.272 e. The molecule has 0 fully saturated rings. The molecule has 0 aromatic heterocycles. The van der Waals surface area contributed by atoms with Crippen LogP contribution in [-0.4, -0.2) is 17.1 Å². The van der Waals surface area contributed by atoms with Crippen molar-refractivity contribution in [3.8, 4) is 0 Å². The van der Waals surface area contributed by atoms with Gasteiger partial charge in [0.2, 0.25) is 0 Å². The van der Waals surface area contributed by atoms with E-state index in [9.17, 15) is 9.59 Å². The Labute approximate surface area is 150 Å². The molecule has 0 aliphatic carbocycles. The van der Waals surface area contributed by atoms with E-state index in [4.69, 9.17) is 11.6 Å². The molecule has 0 heterocycles. The summed E-state index contributed by atoms with van der Waals surface area (Å²) in [5.41, 5.74) is 6.56. The summed E-state index contributed by atoms with van der Waals surface area (Å²) in [6.45, 7) is 3.83. The van der Waals surface area contributed by atoms with Crippen LogP contribution in [0.1, 0.15) is 29.8 Å². The molecule has 0 spiro atoms. The minimum absolute atomic E-state index is 0.270. The number of thioether (sulfide) groups is 1. The zero-order valence-corrected chi connectivity index (χ0v) is 15.1. The Balaban J connectivity index is 1.84. The molecule has 0 bridgehead atoms. The first kappa shape index (κ1) is 18.4. The summed E-state index contributed by atoms with van der Waals surface area (Å²) >= 11 is 7.23. The van der Waals surface area contributed by atoms with Crippen molar-refractivity contribution in [3.05, 3.63) is 64.7 Å². The Morgan fingerprint density at radius 2 is 1.67 bits per heavy atom. The van der Waals surface area contributed by atoms with Crippen molar-refractivity contribution in [3.63, 3.8) is 0 Å². The van der Waals surface area contributed by atoms with Crippen LogP contribution in [-0.2, 0) is 11.2 Å². The average Bonchev–Trinajstić information content (AvgIpc) is 2.61. The smallest absolute Gasteiger partial charge is 0.269 e. The topological polar surface area (TPSA) is 58.2 Å². The molecule has 0 unspecified atom stereocenters. The molecule has 0 saturated heterocycles. The van der Waals surface area contributed by atoms with Gasteiger partial charge in [-0.25, -0.2) is 0 Å². The molecule has 0 aliphatic heterocycles. The number of hydrogen-bond donors (Lipinski definition) is 2. The van der Waals surface area contributed by atoms with Crippen LogP contribution in [0.25, 0.3) is 0 Å². The van der Waals surface area contributed by atoms with E-state index in [1.54, 1.807) is 31.2 Å². The Morgan fingerprint density at radius 3 is 2.25 bits per heavy atom. The molecule has 2 aromatic rings. The Bertz CT molecular complexity index is 702. The molecule has 2 aromatic carbocycles. The van der Waals surface area contributed by atoms with Crippen LogP contribution in [0.15, 0.2) is 53.4 Å². The second kappa shape index (κ2) is 8.76. The minimum atomic E-state index is -0.353. The summed E-state index contributed by atoms with van der Waals surface area (Å²) in [4.78, 5) is 25.0. The van der Waals surface area contributed by atoms with E-state index < -0.39 is 0 Å². The minimum Gasteiger partial charge on any atom is -0.272 e. The molecule has 4 nitrogen and oxygen atoms in total. The first-order valence-electron chi connectivity index (χ1n) is 7.61. The number of halogens is 1. The Kier molecular flexibility index (Phi) is 6.70. The van der Waals surface area contributed by atoms with Gasteiger partial charge in [0, 0.05) is 15.5 Å². The number of hydrazine groups is 1. The number of aryl methyl sites for hydroxylation is 1. The Morgan fingerprint density at radius 1 is 1.04 bits per heavy atom. The summed E-state index contributed by atoms with van der Waals surface area (Å²) in [7, 11) is 0. The van der Waals surface area contributed by atoms with E-state index in [-0.39, 0.29) is 17.1 Å². The molecule has 1 atom stereocenters. The van der Waals surface area contributed by atoms with Crippen molar-refractivity contribution in [1.29, 1.82) is 0 Å². The second-order valence-corrected chi connectivity index (χ2v) is 7.06.